The Morgan fingerprint density at radius 2 is 0.760 bits per heavy atom. The molecular weight excluding hydrogens is 438 g/mol. The monoisotopic (exact) mass is 472 g/mol. The summed E-state index contributed by atoms with van der Waals surface area (Å²) in [5.41, 5.74) is 0. The largest absolute Gasteiger partial charge is 2.00 e. The van der Waals surface area contributed by atoms with Crippen molar-refractivity contribution in [2.45, 2.75) is 55.4 Å². The van der Waals surface area contributed by atoms with E-state index in [1.807, 2.05) is 0 Å². The number of rotatable bonds is 8. The summed E-state index contributed by atoms with van der Waals surface area (Å²) >= 11 is 20.0. The van der Waals surface area contributed by atoms with Crippen LogP contribution in [0.4, 0.5) is 0 Å². The van der Waals surface area contributed by atoms with Gasteiger partial charge in [-0.2, -0.15) is 0 Å². The Morgan fingerprint density at radius 1 is 0.600 bits per heavy atom. The number of nitrogens with zero attached hydrogens (tertiary/aromatic N) is 2. The summed E-state index contributed by atoms with van der Waals surface area (Å²) in [6.07, 6.45) is 0. The van der Waals surface area contributed by atoms with Gasteiger partial charge in [-0.1, -0.05) is 64.0 Å². The molecule has 0 aromatic carbocycles. The fraction of sp³-hybridized carbons (Fsp3) is 0.889. The second-order valence-electron chi connectivity index (χ2n) is 7.92. The molecule has 0 aliphatic heterocycles. The molecule has 25 heavy (non-hydrogen) atoms. The number of thiocarbonyl (C=S) groups is 2. The van der Waals surface area contributed by atoms with Gasteiger partial charge < -0.3 is 59.5 Å². The maximum atomic E-state index is 4.99. The van der Waals surface area contributed by atoms with Crippen LogP contribution >= 0.6 is 24.4 Å². The summed E-state index contributed by atoms with van der Waals surface area (Å²) in [5, 5.41) is 0. The van der Waals surface area contributed by atoms with Crippen LogP contribution in [0.25, 0.3) is 0 Å². The van der Waals surface area contributed by atoms with E-state index in [1.54, 1.807) is 0 Å². The molecule has 7 heteroatoms. The molecule has 0 aromatic heterocycles. The first-order valence-corrected chi connectivity index (χ1v) is 10.4. The fourth-order valence-electron chi connectivity index (χ4n) is 2.21. The van der Waals surface area contributed by atoms with Crippen LogP contribution in [0, 0.1) is 23.7 Å². The van der Waals surface area contributed by atoms with Crippen LogP contribution in [-0.4, -0.2) is 44.6 Å². The van der Waals surface area contributed by atoms with Gasteiger partial charge in [0.2, 0.25) is 0 Å². The Labute approximate surface area is 191 Å². The van der Waals surface area contributed by atoms with Crippen molar-refractivity contribution in [3.8, 4) is 0 Å². The topological polar surface area (TPSA) is 6.48 Å². The van der Waals surface area contributed by atoms with E-state index >= 15 is 0 Å². The van der Waals surface area contributed by atoms with Gasteiger partial charge in [0, 0.05) is 26.2 Å². The molecular formula is C18H36N2S4Zn. The Morgan fingerprint density at radius 3 is 0.840 bits per heavy atom. The van der Waals surface area contributed by atoms with Crippen LogP contribution in [0.1, 0.15) is 55.4 Å². The minimum atomic E-state index is 0. The third-order valence-corrected chi connectivity index (χ3v) is 3.89. The molecule has 0 aromatic rings. The second kappa shape index (κ2) is 17.0. The first-order valence-electron chi connectivity index (χ1n) is 8.78. The van der Waals surface area contributed by atoms with Crippen LogP contribution in [0.5, 0.6) is 0 Å². The fourth-order valence-corrected chi connectivity index (χ4v) is 2.81. The molecule has 0 N–H and O–H groups in total. The predicted molar refractivity (Wildman–Crippen MR) is 122 cm³/mol. The third-order valence-electron chi connectivity index (χ3n) is 2.86. The molecule has 0 heterocycles. The average Bonchev–Trinajstić information content (AvgIpc) is 2.35. The summed E-state index contributed by atoms with van der Waals surface area (Å²) in [5.74, 6) is 2.52. The molecule has 0 saturated carbocycles. The van der Waals surface area contributed by atoms with E-state index < -0.39 is 0 Å². The molecule has 144 valence electrons. The smallest absolute Gasteiger partial charge is 0.411 e. The van der Waals surface area contributed by atoms with Crippen LogP contribution in [0.2, 0.25) is 0 Å². The molecule has 0 radical (unpaired) electrons. The Hall–Kier alpha value is 0.843. The molecule has 0 unspecified atom stereocenters. The minimum absolute atomic E-state index is 0. The van der Waals surface area contributed by atoms with E-state index in [-0.39, 0.29) is 19.5 Å². The van der Waals surface area contributed by atoms with Gasteiger partial charge >= 0.3 is 19.5 Å². The number of hydrogen-bond acceptors (Lipinski definition) is 4. The average molecular weight is 474 g/mol. The first-order chi connectivity index (χ1) is 10.9. The minimum Gasteiger partial charge on any atom is -0.411 e. The maximum absolute atomic E-state index is 4.99. The molecule has 0 aliphatic carbocycles. The van der Waals surface area contributed by atoms with Gasteiger partial charge in [0.1, 0.15) is 0 Å². The van der Waals surface area contributed by atoms with Crippen molar-refractivity contribution in [1.29, 1.82) is 0 Å². The normalized spacial score (nSPS) is 10.4. The zero-order chi connectivity index (χ0) is 19.4. The summed E-state index contributed by atoms with van der Waals surface area (Å²) in [6.45, 7) is 21.4. The second-order valence-corrected chi connectivity index (χ2v) is 9.98. The van der Waals surface area contributed by atoms with Crippen molar-refractivity contribution < 1.29 is 19.5 Å². The quantitative estimate of drug-likeness (QED) is 0.280. The standard InChI is InChI=1S/2C9H19NS2.Zn/c2*1-7(2)5-10(9(11)12)6-8(3)4;/h2*7-8H,5-6H2,1-4H3,(H,11,12);/q;;+2/p-2. The van der Waals surface area contributed by atoms with Gasteiger partial charge in [-0.3, -0.25) is 0 Å². The van der Waals surface area contributed by atoms with E-state index in [2.05, 4.69) is 65.2 Å². The van der Waals surface area contributed by atoms with Crippen LogP contribution in [-0.2, 0) is 44.7 Å². The molecule has 0 spiro atoms. The molecule has 0 fully saturated rings. The van der Waals surface area contributed by atoms with Crippen molar-refractivity contribution in [1.82, 2.24) is 9.80 Å². The van der Waals surface area contributed by atoms with Gasteiger partial charge in [-0.05, 0) is 23.7 Å². The van der Waals surface area contributed by atoms with E-state index in [0.29, 0.717) is 32.3 Å². The molecule has 0 rings (SSSR count). The molecule has 0 saturated heterocycles. The number of hydrogen-bond donors (Lipinski definition) is 0. The van der Waals surface area contributed by atoms with Gasteiger partial charge in [-0.15, -0.1) is 0 Å². The SMILES string of the molecule is CC(C)CN(CC(C)C)C(=S)[S-].CC(C)CN(CC(C)C)C(=S)[S-].[Zn+2]. The zero-order valence-corrected chi connectivity index (χ0v) is 23.6. The zero-order valence-electron chi connectivity index (χ0n) is 17.4. The summed E-state index contributed by atoms with van der Waals surface area (Å²) in [6, 6.07) is 0. The Kier molecular flexibility index (Phi) is 20.8. The van der Waals surface area contributed by atoms with Crippen LogP contribution < -0.4 is 0 Å². The first kappa shape index (κ1) is 30.6. The molecule has 0 aliphatic rings. The van der Waals surface area contributed by atoms with Crippen molar-refractivity contribution in [3.05, 3.63) is 0 Å². The van der Waals surface area contributed by atoms with Crippen molar-refractivity contribution in [2.75, 3.05) is 26.2 Å². The van der Waals surface area contributed by atoms with Crippen LogP contribution in [0.3, 0.4) is 0 Å². The van der Waals surface area contributed by atoms with E-state index in [1.165, 1.54) is 0 Å². The van der Waals surface area contributed by atoms with Crippen molar-refractivity contribution in [3.63, 3.8) is 0 Å². The van der Waals surface area contributed by atoms with Crippen molar-refractivity contribution in [2.24, 2.45) is 23.7 Å². The Balaban J connectivity index is -0.000000372. The van der Waals surface area contributed by atoms with Gasteiger partial charge in [0.05, 0.1) is 0 Å². The summed E-state index contributed by atoms with van der Waals surface area (Å²) < 4.78 is 1.22. The molecule has 0 atom stereocenters. The molecule has 0 bridgehead atoms. The van der Waals surface area contributed by atoms with Gasteiger partial charge in [0.25, 0.3) is 0 Å². The summed E-state index contributed by atoms with van der Waals surface area (Å²) in [4.78, 5) is 4.22. The van der Waals surface area contributed by atoms with Crippen molar-refractivity contribution >= 4 is 58.3 Å². The van der Waals surface area contributed by atoms with Crippen LogP contribution in [0.15, 0.2) is 0 Å². The van der Waals surface area contributed by atoms with E-state index in [0.717, 1.165) is 26.2 Å². The van der Waals surface area contributed by atoms with Gasteiger partial charge in [-0.25, -0.2) is 0 Å². The van der Waals surface area contributed by atoms with E-state index in [4.69, 9.17) is 49.7 Å². The third kappa shape index (κ3) is 21.0. The predicted octanol–water partition coefficient (Wildman–Crippen LogP) is 4.86. The molecule has 2 nitrogen and oxygen atoms in total. The maximum Gasteiger partial charge on any atom is 2.00 e. The van der Waals surface area contributed by atoms with Gasteiger partial charge in [0.15, 0.2) is 0 Å². The molecule has 0 amide bonds. The summed E-state index contributed by atoms with van der Waals surface area (Å²) in [7, 11) is 0. The van der Waals surface area contributed by atoms with E-state index in [9.17, 15) is 0 Å². The Bertz CT molecular complexity index is 307.